The Labute approximate surface area is 329 Å². The molecule has 1 atom stereocenters. The van der Waals surface area contributed by atoms with Crippen molar-refractivity contribution in [3.63, 3.8) is 0 Å². The number of hydrogen-bond acceptors (Lipinski definition) is 4. The molecule has 1 aromatic rings. The lowest BCUT2D eigenvalue weighted by Crippen LogP contribution is -2.31. The van der Waals surface area contributed by atoms with E-state index in [1.165, 1.54) is 147 Å². The second-order valence-corrected chi connectivity index (χ2v) is 16.1. The summed E-state index contributed by atoms with van der Waals surface area (Å²) in [4.78, 5) is 2.20. The molecule has 1 saturated heterocycles. The highest BCUT2D eigenvalue weighted by molar-refractivity contribution is 5.04. The molecule has 304 valence electrons. The van der Waals surface area contributed by atoms with Crippen LogP contribution in [0.1, 0.15) is 193 Å². The average Bonchev–Trinajstić information content (AvgIpc) is 3.80. The first-order valence-electron chi connectivity index (χ1n) is 22.6. The third kappa shape index (κ3) is 26.5. The van der Waals surface area contributed by atoms with Gasteiger partial charge in [0.05, 0.1) is 25.5 Å². The Bertz CT molecular complexity index is 1020. The second kappa shape index (κ2) is 33.4. The van der Waals surface area contributed by atoms with E-state index in [9.17, 15) is 0 Å². The molecule has 2 heterocycles. The van der Waals surface area contributed by atoms with Gasteiger partial charge in [0.25, 0.3) is 0 Å². The highest BCUT2D eigenvalue weighted by Crippen LogP contribution is 2.36. The zero-order valence-electron chi connectivity index (χ0n) is 35.4. The summed E-state index contributed by atoms with van der Waals surface area (Å²) in [6, 6.07) is 0. The van der Waals surface area contributed by atoms with E-state index in [2.05, 4.69) is 97.4 Å². The normalized spacial score (nSPS) is 16.3. The molecule has 2 rings (SSSR count). The number of nitrogens with zero attached hydrogens (tertiary/aromatic N) is 3. The fourth-order valence-corrected chi connectivity index (χ4v) is 7.20. The third-order valence-corrected chi connectivity index (χ3v) is 10.6. The first-order chi connectivity index (χ1) is 26.1. The van der Waals surface area contributed by atoms with Crippen LogP contribution < -0.4 is 0 Å². The number of aryl methyl sites for hydroxylation is 1. The van der Waals surface area contributed by atoms with Crippen LogP contribution in [0.3, 0.4) is 0 Å². The lowest BCUT2D eigenvalue weighted by Gasteiger charge is -2.28. The number of unbranched alkanes of at least 4 members (excludes halogenated alkanes) is 18. The van der Waals surface area contributed by atoms with E-state index in [0.717, 1.165) is 58.2 Å². The molecule has 1 aliphatic heterocycles. The smallest absolute Gasteiger partial charge is 0.168 e. The quantitative estimate of drug-likeness (QED) is 0.0508. The maximum atomic E-state index is 6.82. The summed E-state index contributed by atoms with van der Waals surface area (Å²) in [5.74, 6) is -0.370. The molecule has 0 saturated carbocycles. The first-order valence-corrected chi connectivity index (χ1v) is 22.6. The highest BCUT2D eigenvalue weighted by atomic mass is 16.7. The monoisotopic (exact) mass is 736 g/mol. The summed E-state index contributed by atoms with van der Waals surface area (Å²) < 4.78 is 15.5. The zero-order valence-corrected chi connectivity index (χ0v) is 35.4. The fraction of sp³-hybridized carbons (Fsp3) is 0.771. The van der Waals surface area contributed by atoms with Crippen molar-refractivity contribution >= 4 is 0 Å². The molecule has 53 heavy (non-hydrogen) atoms. The maximum absolute atomic E-state index is 6.82. The van der Waals surface area contributed by atoms with Crippen LogP contribution >= 0.6 is 0 Å². The van der Waals surface area contributed by atoms with Crippen molar-refractivity contribution in [3.8, 4) is 0 Å². The number of aromatic nitrogens is 2. The summed E-state index contributed by atoms with van der Waals surface area (Å²) in [5, 5.41) is 4.58. The van der Waals surface area contributed by atoms with Gasteiger partial charge >= 0.3 is 0 Å². The summed E-state index contributed by atoms with van der Waals surface area (Å²) in [6.07, 6.45) is 58.1. The van der Waals surface area contributed by atoms with Crippen molar-refractivity contribution in [1.29, 1.82) is 0 Å². The van der Waals surface area contributed by atoms with E-state index in [1.807, 2.05) is 6.20 Å². The van der Waals surface area contributed by atoms with Crippen molar-refractivity contribution in [2.75, 3.05) is 27.2 Å². The van der Waals surface area contributed by atoms with E-state index in [1.54, 1.807) is 0 Å². The zero-order chi connectivity index (χ0) is 37.9. The molecule has 0 aromatic carbocycles. The predicted molar refractivity (Wildman–Crippen MR) is 231 cm³/mol. The molecule has 0 bridgehead atoms. The Morgan fingerprint density at radius 1 is 0.660 bits per heavy atom. The van der Waals surface area contributed by atoms with E-state index in [-0.39, 0.29) is 11.9 Å². The van der Waals surface area contributed by atoms with E-state index in [4.69, 9.17) is 9.47 Å². The fourth-order valence-electron chi connectivity index (χ4n) is 7.20. The van der Waals surface area contributed by atoms with Gasteiger partial charge in [-0.15, -0.1) is 0 Å². The number of allylic oxidation sites excluding steroid dienone is 8. The molecule has 1 fully saturated rings. The van der Waals surface area contributed by atoms with Gasteiger partial charge in [-0.3, -0.25) is 4.68 Å². The van der Waals surface area contributed by atoms with Crippen LogP contribution in [-0.2, 0) is 22.4 Å². The summed E-state index contributed by atoms with van der Waals surface area (Å²) in [7, 11) is 4.22. The number of ether oxygens (including phenoxy) is 2. The molecule has 5 heteroatoms. The topological polar surface area (TPSA) is 39.5 Å². The molecule has 0 spiro atoms. The Balaban J connectivity index is 1.65. The standard InChI is InChI=1S/C48H85N3O2/c1-5-7-9-11-13-15-17-19-21-23-25-27-29-31-33-35-39-48(40-36-34-32-30-28-26-24-22-20-18-16-14-12-10-8-6-2)52-45-47(53-48)38-37-46-43-49-51(44-46)42-41-50(3)4/h13-16,19-22,43-44,47H,5-12,17-18,23-42,45H2,1-4H3/b15-13-,16-14-,21-19-,22-20-. The van der Waals surface area contributed by atoms with Crippen molar-refractivity contribution < 1.29 is 9.47 Å². The van der Waals surface area contributed by atoms with E-state index >= 15 is 0 Å². The Kier molecular flexibility index (Phi) is 29.7. The second-order valence-electron chi connectivity index (χ2n) is 16.1. The molecule has 0 radical (unpaired) electrons. The van der Waals surface area contributed by atoms with Crippen LogP contribution in [0.2, 0.25) is 0 Å². The van der Waals surface area contributed by atoms with Gasteiger partial charge in [-0.05, 0) is 110 Å². The molecule has 1 aliphatic rings. The van der Waals surface area contributed by atoms with Crippen LogP contribution in [0.4, 0.5) is 0 Å². The number of rotatable bonds is 36. The molecule has 1 unspecified atom stereocenters. The number of hydrogen-bond donors (Lipinski definition) is 0. The minimum Gasteiger partial charge on any atom is -0.347 e. The summed E-state index contributed by atoms with van der Waals surface area (Å²) >= 11 is 0. The third-order valence-electron chi connectivity index (χ3n) is 10.6. The van der Waals surface area contributed by atoms with Crippen LogP contribution in [0.15, 0.2) is 61.0 Å². The van der Waals surface area contributed by atoms with Gasteiger partial charge in [-0.2, -0.15) is 5.10 Å². The van der Waals surface area contributed by atoms with E-state index in [0.29, 0.717) is 0 Å². The SMILES string of the molecule is CCCCC/C=C\C/C=C\CCCCCCCCC1(CCCCCCCC/C=C\C/C=C\CCCCC)OCC(CCc2cnn(CCN(C)C)c2)O1. The summed E-state index contributed by atoms with van der Waals surface area (Å²) in [5.41, 5.74) is 1.31. The Morgan fingerprint density at radius 2 is 1.13 bits per heavy atom. The Hall–Kier alpha value is -1.95. The van der Waals surface area contributed by atoms with Crippen molar-refractivity contribution in [3.05, 3.63) is 66.6 Å². The van der Waals surface area contributed by atoms with Crippen LogP contribution in [0.25, 0.3) is 0 Å². The molecule has 1 aromatic heterocycles. The van der Waals surface area contributed by atoms with Crippen molar-refractivity contribution in [1.82, 2.24) is 14.7 Å². The molecular weight excluding hydrogens is 651 g/mol. The minimum absolute atomic E-state index is 0.189. The predicted octanol–water partition coefficient (Wildman–Crippen LogP) is 13.9. The van der Waals surface area contributed by atoms with E-state index < -0.39 is 0 Å². The van der Waals surface area contributed by atoms with Crippen molar-refractivity contribution in [2.45, 2.75) is 212 Å². The molecule has 0 aliphatic carbocycles. The van der Waals surface area contributed by atoms with Gasteiger partial charge < -0.3 is 14.4 Å². The van der Waals surface area contributed by atoms with Crippen LogP contribution in [0.5, 0.6) is 0 Å². The van der Waals surface area contributed by atoms with Gasteiger partial charge in [-0.25, -0.2) is 0 Å². The minimum atomic E-state index is -0.370. The van der Waals surface area contributed by atoms with Gasteiger partial charge in [0.2, 0.25) is 0 Å². The van der Waals surface area contributed by atoms with Gasteiger partial charge in [0, 0.05) is 25.6 Å². The largest absolute Gasteiger partial charge is 0.347 e. The lowest BCUT2D eigenvalue weighted by molar-refractivity contribution is -0.179. The lowest BCUT2D eigenvalue weighted by atomic mass is 9.98. The van der Waals surface area contributed by atoms with Crippen LogP contribution in [0, 0.1) is 0 Å². The van der Waals surface area contributed by atoms with Crippen LogP contribution in [-0.4, -0.2) is 53.8 Å². The van der Waals surface area contributed by atoms with Gasteiger partial charge in [0.1, 0.15) is 0 Å². The molecule has 5 nitrogen and oxygen atoms in total. The molecular formula is C48H85N3O2. The highest BCUT2D eigenvalue weighted by Gasteiger charge is 2.40. The molecule has 0 N–H and O–H groups in total. The molecule has 0 amide bonds. The number of likely N-dealkylation sites (N-methyl/N-ethyl adjacent to an activating group) is 1. The maximum Gasteiger partial charge on any atom is 0.168 e. The average molecular weight is 736 g/mol. The van der Waals surface area contributed by atoms with Gasteiger partial charge in [-0.1, -0.05) is 140 Å². The first kappa shape index (κ1) is 47.2. The summed E-state index contributed by atoms with van der Waals surface area (Å²) in [6.45, 7) is 7.21. The van der Waals surface area contributed by atoms with Crippen molar-refractivity contribution in [2.24, 2.45) is 0 Å². The Morgan fingerprint density at radius 3 is 1.62 bits per heavy atom. The van der Waals surface area contributed by atoms with Gasteiger partial charge in [0.15, 0.2) is 5.79 Å².